The van der Waals surface area contributed by atoms with Crippen molar-refractivity contribution in [3.8, 4) is 0 Å². The Balaban J connectivity index is 2.68. The quantitative estimate of drug-likeness (QED) is 0.583. The van der Waals surface area contributed by atoms with Crippen LogP contribution in [0.4, 0.5) is 0 Å². The molecule has 12 heavy (non-hydrogen) atoms. The Morgan fingerprint density at radius 3 is 2.33 bits per heavy atom. The van der Waals surface area contributed by atoms with Crippen molar-refractivity contribution in [1.29, 1.82) is 0 Å². The van der Waals surface area contributed by atoms with Crippen molar-refractivity contribution in [3.05, 3.63) is 0 Å². The van der Waals surface area contributed by atoms with E-state index >= 15 is 0 Å². The summed E-state index contributed by atoms with van der Waals surface area (Å²) in [4.78, 5) is 10.2. The smallest absolute Gasteiger partial charge is 0.318 e. The molecule has 0 aromatic rings. The van der Waals surface area contributed by atoms with Crippen molar-refractivity contribution in [2.75, 3.05) is 6.54 Å². The van der Waals surface area contributed by atoms with Crippen LogP contribution in [0.15, 0.2) is 0 Å². The molecule has 70 valence electrons. The van der Waals surface area contributed by atoms with Gasteiger partial charge in [-0.1, -0.05) is 0 Å². The first-order valence-corrected chi connectivity index (χ1v) is 4.93. The number of carbonyl (C=O) groups is 1. The van der Waals surface area contributed by atoms with E-state index in [0.717, 1.165) is 4.31 Å². The second-order valence-electron chi connectivity index (χ2n) is 2.72. The average Bonchev–Trinajstić information content (AvgIpc) is 2.60. The molecule has 3 N–H and O–H groups in total. The fraction of sp³-hybridized carbons (Fsp3) is 0.800. The van der Waals surface area contributed by atoms with Gasteiger partial charge in [-0.3, -0.25) is 4.79 Å². The Bertz CT molecular complexity index is 282. The van der Waals surface area contributed by atoms with Gasteiger partial charge < -0.3 is 5.11 Å². The second-order valence-corrected chi connectivity index (χ2v) is 4.21. The zero-order valence-corrected chi connectivity index (χ0v) is 7.12. The topological polar surface area (TPSA) is 101 Å². The molecule has 7 heteroatoms. The van der Waals surface area contributed by atoms with E-state index in [0.29, 0.717) is 12.8 Å². The lowest BCUT2D eigenvalue weighted by molar-refractivity contribution is -0.137. The number of carboxylic acid groups (broad SMARTS) is 1. The molecule has 0 spiro atoms. The summed E-state index contributed by atoms with van der Waals surface area (Å²) in [6.07, 6.45) is 1.40. The third-order valence-corrected chi connectivity index (χ3v) is 2.65. The molecule has 1 aliphatic carbocycles. The zero-order chi connectivity index (χ0) is 9.35. The number of rotatable bonds is 4. The van der Waals surface area contributed by atoms with Crippen LogP contribution in [-0.2, 0) is 15.0 Å². The summed E-state index contributed by atoms with van der Waals surface area (Å²) < 4.78 is 22.4. The van der Waals surface area contributed by atoms with Crippen LogP contribution in [0.25, 0.3) is 0 Å². The maximum absolute atomic E-state index is 10.8. The van der Waals surface area contributed by atoms with Gasteiger partial charge in [0, 0.05) is 6.04 Å². The van der Waals surface area contributed by atoms with Crippen LogP contribution in [0, 0.1) is 0 Å². The lowest BCUT2D eigenvalue weighted by atomic mass is 10.6. The van der Waals surface area contributed by atoms with E-state index in [2.05, 4.69) is 0 Å². The Labute approximate surface area is 70.1 Å². The fourth-order valence-corrected chi connectivity index (χ4v) is 1.84. The van der Waals surface area contributed by atoms with Crippen molar-refractivity contribution in [3.63, 3.8) is 0 Å². The molecule has 0 heterocycles. The highest BCUT2D eigenvalue weighted by Gasteiger charge is 2.36. The van der Waals surface area contributed by atoms with Gasteiger partial charge in [-0.05, 0) is 12.8 Å². The van der Waals surface area contributed by atoms with E-state index in [1.54, 1.807) is 0 Å². The van der Waals surface area contributed by atoms with Crippen LogP contribution < -0.4 is 5.14 Å². The SMILES string of the molecule is NS(=O)(=O)N(CC(=O)O)C1CC1. The van der Waals surface area contributed by atoms with Gasteiger partial charge in [0.25, 0.3) is 10.2 Å². The van der Waals surface area contributed by atoms with Crippen LogP contribution in [0.1, 0.15) is 12.8 Å². The molecular weight excluding hydrogens is 184 g/mol. The van der Waals surface area contributed by atoms with Crippen molar-refractivity contribution in [2.45, 2.75) is 18.9 Å². The minimum absolute atomic E-state index is 0.198. The summed E-state index contributed by atoms with van der Waals surface area (Å²) in [5.74, 6) is -1.18. The summed E-state index contributed by atoms with van der Waals surface area (Å²) in [5, 5.41) is 13.2. The maximum atomic E-state index is 10.8. The van der Waals surface area contributed by atoms with Crippen molar-refractivity contribution in [1.82, 2.24) is 4.31 Å². The minimum Gasteiger partial charge on any atom is -0.480 e. The fourth-order valence-electron chi connectivity index (χ4n) is 0.923. The molecule has 1 fully saturated rings. The summed E-state index contributed by atoms with van der Waals surface area (Å²) in [7, 11) is -3.84. The Hall–Kier alpha value is -0.660. The molecule has 6 nitrogen and oxygen atoms in total. The third kappa shape index (κ3) is 2.43. The van der Waals surface area contributed by atoms with Crippen LogP contribution in [0.5, 0.6) is 0 Å². The molecule has 1 rings (SSSR count). The average molecular weight is 194 g/mol. The van der Waals surface area contributed by atoms with Gasteiger partial charge in [-0.15, -0.1) is 0 Å². The number of nitrogens with zero attached hydrogens (tertiary/aromatic N) is 1. The first-order chi connectivity index (χ1) is 5.41. The van der Waals surface area contributed by atoms with Gasteiger partial charge in [-0.25, -0.2) is 5.14 Å². The van der Waals surface area contributed by atoms with Crippen molar-refractivity contribution in [2.24, 2.45) is 5.14 Å². The number of hydrogen-bond acceptors (Lipinski definition) is 3. The van der Waals surface area contributed by atoms with Crippen LogP contribution >= 0.6 is 0 Å². The number of aliphatic carboxylic acids is 1. The van der Waals surface area contributed by atoms with Gasteiger partial charge in [0.2, 0.25) is 0 Å². The molecule has 0 bridgehead atoms. The molecule has 1 aliphatic rings. The van der Waals surface area contributed by atoms with Crippen LogP contribution in [-0.4, -0.2) is 36.4 Å². The van der Waals surface area contributed by atoms with Crippen LogP contribution in [0.3, 0.4) is 0 Å². The Kier molecular flexibility index (Phi) is 2.36. The minimum atomic E-state index is -3.84. The van der Waals surface area contributed by atoms with Gasteiger partial charge in [0.15, 0.2) is 0 Å². The highest BCUT2D eigenvalue weighted by atomic mass is 32.2. The highest BCUT2D eigenvalue weighted by Crippen LogP contribution is 2.27. The van der Waals surface area contributed by atoms with E-state index in [4.69, 9.17) is 10.2 Å². The standard InChI is InChI=1S/C5H10N2O4S/c6-12(10,11)7(3-5(8)9)4-1-2-4/h4H,1-3H2,(H,8,9)(H2,6,10,11). The molecule has 0 radical (unpaired) electrons. The molecule has 0 aliphatic heterocycles. The monoisotopic (exact) mass is 194 g/mol. The molecule has 0 atom stereocenters. The number of hydrogen-bond donors (Lipinski definition) is 2. The molecule has 1 saturated carbocycles. The number of nitrogens with two attached hydrogens (primary N) is 1. The highest BCUT2D eigenvalue weighted by molar-refractivity contribution is 7.86. The normalized spacial score (nSPS) is 18.2. The van der Waals surface area contributed by atoms with E-state index in [-0.39, 0.29) is 6.04 Å². The first-order valence-electron chi connectivity index (χ1n) is 3.42. The van der Waals surface area contributed by atoms with Gasteiger partial charge in [-0.2, -0.15) is 12.7 Å². The molecule has 0 unspecified atom stereocenters. The largest absolute Gasteiger partial charge is 0.480 e. The predicted octanol–water partition coefficient (Wildman–Crippen LogP) is -1.26. The van der Waals surface area contributed by atoms with E-state index in [1.807, 2.05) is 0 Å². The predicted molar refractivity (Wildman–Crippen MR) is 40.5 cm³/mol. The van der Waals surface area contributed by atoms with Gasteiger partial charge in [0.1, 0.15) is 6.54 Å². The summed E-state index contributed by atoms with van der Waals surface area (Å²) in [6, 6.07) is -0.198. The zero-order valence-electron chi connectivity index (χ0n) is 6.30. The molecule has 0 aromatic heterocycles. The molecule has 0 amide bonds. The first kappa shape index (κ1) is 9.43. The lowest BCUT2D eigenvalue weighted by Gasteiger charge is -2.15. The van der Waals surface area contributed by atoms with Crippen molar-refractivity contribution < 1.29 is 18.3 Å². The van der Waals surface area contributed by atoms with Gasteiger partial charge >= 0.3 is 5.97 Å². The summed E-state index contributed by atoms with van der Waals surface area (Å²) >= 11 is 0. The Morgan fingerprint density at radius 1 is 1.58 bits per heavy atom. The van der Waals surface area contributed by atoms with Crippen molar-refractivity contribution >= 4 is 16.2 Å². The molecule has 0 aromatic carbocycles. The maximum Gasteiger partial charge on any atom is 0.318 e. The van der Waals surface area contributed by atoms with E-state index in [1.165, 1.54) is 0 Å². The van der Waals surface area contributed by atoms with E-state index < -0.39 is 22.7 Å². The molecular formula is C5H10N2O4S. The van der Waals surface area contributed by atoms with Crippen LogP contribution in [0.2, 0.25) is 0 Å². The van der Waals surface area contributed by atoms with E-state index in [9.17, 15) is 13.2 Å². The van der Waals surface area contributed by atoms with Gasteiger partial charge in [0.05, 0.1) is 0 Å². The number of carboxylic acids is 1. The third-order valence-electron chi connectivity index (χ3n) is 1.57. The summed E-state index contributed by atoms with van der Waals surface area (Å²) in [5.41, 5.74) is 0. The second kappa shape index (κ2) is 3.00. The summed E-state index contributed by atoms with van der Waals surface area (Å²) in [6.45, 7) is -0.538. The lowest BCUT2D eigenvalue weighted by Crippen LogP contribution is -2.41. The Morgan fingerprint density at radius 2 is 2.08 bits per heavy atom. The molecule has 0 saturated heterocycles.